The standard InChI is InChI=1S/C20H20Cl2F3N3O2/c1-28(9-8-18(29)27-17-10-15(21)6-7-16(17)22)11-13-2-4-14(5-3-13)19(30)26-12-20(23,24)25/h2-7,10H,8-9,11-12H2,1H3,(H,26,30)(H,27,29). The molecule has 162 valence electrons. The molecule has 2 rings (SSSR count). The van der Waals surface area contributed by atoms with Crippen LogP contribution >= 0.6 is 23.2 Å². The Labute approximate surface area is 182 Å². The number of halogens is 5. The topological polar surface area (TPSA) is 61.4 Å². The Morgan fingerprint density at radius 2 is 1.73 bits per heavy atom. The summed E-state index contributed by atoms with van der Waals surface area (Å²) in [5.74, 6) is -1.01. The number of nitrogens with zero attached hydrogens (tertiary/aromatic N) is 1. The van der Waals surface area contributed by atoms with Gasteiger partial charge in [0.15, 0.2) is 0 Å². The van der Waals surface area contributed by atoms with Crippen LogP contribution in [-0.2, 0) is 11.3 Å². The number of amides is 2. The first-order chi connectivity index (χ1) is 14.0. The van der Waals surface area contributed by atoms with Crippen LogP contribution in [0.3, 0.4) is 0 Å². The molecule has 2 aromatic rings. The van der Waals surface area contributed by atoms with Crippen molar-refractivity contribution in [3.05, 3.63) is 63.6 Å². The number of carbonyl (C=O) groups excluding carboxylic acids is 2. The van der Waals surface area contributed by atoms with Crippen molar-refractivity contribution in [2.24, 2.45) is 0 Å². The Kier molecular flexibility index (Phi) is 8.52. The van der Waals surface area contributed by atoms with Crippen LogP contribution in [0.1, 0.15) is 22.3 Å². The Hall–Kier alpha value is -2.29. The van der Waals surface area contributed by atoms with E-state index in [1.807, 2.05) is 17.3 Å². The molecule has 0 saturated heterocycles. The average molecular weight is 462 g/mol. The molecule has 0 heterocycles. The largest absolute Gasteiger partial charge is 0.405 e. The summed E-state index contributed by atoms with van der Waals surface area (Å²) < 4.78 is 36.5. The fourth-order valence-corrected chi connectivity index (χ4v) is 2.87. The zero-order valence-electron chi connectivity index (χ0n) is 16.0. The lowest BCUT2D eigenvalue weighted by atomic mass is 10.1. The van der Waals surface area contributed by atoms with Gasteiger partial charge in [-0.25, -0.2) is 0 Å². The van der Waals surface area contributed by atoms with Gasteiger partial charge in [-0.3, -0.25) is 9.59 Å². The number of anilines is 1. The zero-order chi connectivity index (χ0) is 22.3. The maximum absolute atomic E-state index is 12.2. The molecule has 2 N–H and O–H groups in total. The molecular formula is C20H20Cl2F3N3O2. The van der Waals surface area contributed by atoms with E-state index >= 15 is 0 Å². The third kappa shape index (κ3) is 8.22. The number of benzene rings is 2. The third-order valence-corrected chi connectivity index (χ3v) is 4.61. The van der Waals surface area contributed by atoms with Gasteiger partial charge in [0.1, 0.15) is 6.54 Å². The lowest BCUT2D eigenvalue weighted by molar-refractivity contribution is -0.123. The summed E-state index contributed by atoms with van der Waals surface area (Å²) in [5, 5.41) is 5.38. The normalized spacial score (nSPS) is 11.4. The lowest BCUT2D eigenvalue weighted by Crippen LogP contribution is -2.33. The second kappa shape index (κ2) is 10.7. The summed E-state index contributed by atoms with van der Waals surface area (Å²) in [6, 6.07) is 11.0. The molecule has 10 heteroatoms. The molecule has 5 nitrogen and oxygen atoms in total. The minimum absolute atomic E-state index is 0.142. The quantitative estimate of drug-likeness (QED) is 0.596. The highest BCUT2D eigenvalue weighted by atomic mass is 35.5. The first-order valence-electron chi connectivity index (χ1n) is 8.91. The number of carbonyl (C=O) groups is 2. The van der Waals surface area contributed by atoms with Crippen molar-refractivity contribution in [3.8, 4) is 0 Å². The highest BCUT2D eigenvalue weighted by Gasteiger charge is 2.27. The van der Waals surface area contributed by atoms with Crippen molar-refractivity contribution >= 4 is 40.7 Å². The van der Waals surface area contributed by atoms with Crippen molar-refractivity contribution in [2.45, 2.75) is 19.1 Å². The number of hydrogen-bond acceptors (Lipinski definition) is 3. The van der Waals surface area contributed by atoms with Crippen molar-refractivity contribution < 1.29 is 22.8 Å². The molecule has 0 aliphatic carbocycles. The van der Waals surface area contributed by atoms with E-state index in [4.69, 9.17) is 23.2 Å². The zero-order valence-corrected chi connectivity index (χ0v) is 17.5. The molecule has 0 unspecified atom stereocenters. The maximum atomic E-state index is 12.2. The molecule has 0 radical (unpaired) electrons. The molecule has 2 aromatic carbocycles. The number of hydrogen-bond donors (Lipinski definition) is 2. The number of rotatable bonds is 8. The van der Waals surface area contributed by atoms with Gasteiger partial charge < -0.3 is 15.5 Å². The minimum atomic E-state index is -4.46. The molecule has 30 heavy (non-hydrogen) atoms. The molecule has 2 amide bonds. The van der Waals surface area contributed by atoms with Gasteiger partial charge in [0, 0.05) is 30.1 Å². The van der Waals surface area contributed by atoms with E-state index in [-0.39, 0.29) is 17.9 Å². The second-order valence-corrected chi connectivity index (χ2v) is 7.50. The molecule has 0 aromatic heterocycles. The van der Waals surface area contributed by atoms with Gasteiger partial charge in [-0.1, -0.05) is 35.3 Å². The number of nitrogens with one attached hydrogen (secondary N) is 2. The van der Waals surface area contributed by atoms with Crippen LogP contribution in [0.15, 0.2) is 42.5 Å². The summed E-state index contributed by atoms with van der Waals surface area (Å²) in [6.45, 7) is -0.424. The Balaban J connectivity index is 1.80. The van der Waals surface area contributed by atoms with Gasteiger partial charge in [0.2, 0.25) is 5.91 Å². The van der Waals surface area contributed by atoms with Crippen molar-refractivity contribution in [3.63, 3.8) is 0 Å². The Morgan fingerprint density at radius 1 is 1.07 bits per heavy atom. The summed E-state index contributed by atoms with van der Waals surface area (Å²) in [5.41, 5.74) is 1.43. The molecule has 0 fully saturated rings. The molecule has 0 spiro atoms. The predicted molar refractivity (Wildman–Crippen MR) is 111 cm³/mol. The number of alkyl halides is 3. The van der Waals surface area contributed by atoms with Crippen LogP contribution in [0.4, 0.5) is 18.9 Å². The van der Waals surface area contributed by atoms with E-state index in [0.717, 1.165) is 5.56 Å². The van der Waals surface area contributed by atoms with Crippen molar-refractivity contribution in [1.29, 1.82) is 0 Å². The average Bonchev–Trinajstić information content (AvgIpc) is 2.67. The van der Waals surface area contributed by atoms with Crippen LogP contribution in [0.5, 0.6) is 0 Å². The third-order valence-electron chi connectivity index (χ3n) is 4.04. The van der Waals surface area contributed by atoms with Crippen LogP contribution in [-0.4, -0.2) is 43.0 Å². The molecule has 0 aliphatic heterocycles. The smallest absolute Gasteiger partial charge is 0.343 e. The maximum Gasteiger partial charge on any atom is 0.405 e. The monoisotopic (exact) mass is 461 g/mol. The highest BCUT2D eigenvalue weighted by Crippen LogP contribution is 2.25. The molecule has 0 bridgehead atoms. The van der Waals surface area contributed by atoms with E-state index < -0.39 is 18.6 Å². The summed E-state index contributed by atoms with van der Waals surface area (Å²) in [6.07, 6.45) is -4.24. The molecule has 0 aliphatic rings. The fraction of sp³-hybridized carbons (Fsp3) is 0.300. The fourth-order valence-electron chi connectivity index (χ4n) is 2.53. The second-order valence-electron chi connectivity index (χ2n) is 6.65. The van der Waals surface area contributed by atoms with Gasteiger partial charge >= 0.3 is 6.18 Å². The molecular weight excluding hydrogens is 442 g/mol. The minimum Gasteiger partial charge on any atom is -0.343 e. The van der Waals surface area contributed by atoms with Gasteiger partial charge in [-0.2, -0.15) is 13.2 Å². The SMILES string of the molecule is CN(CCC(=O)Nc1cc(Cl)ccc1Cl)Cc1ccc(C(=O)NCC(F)(F)F)cc1. The van der Waals surface area contributed by atoms with Crippen LogP contribution in [0.25, 0.3) is 0 Å². The van der Waals surface area contributed by atoms with E-state index in [2.05, 4.69) is 5.32 Å². The Morgan fingerprint density at radius 3 is 2.37 bits per heavy atom. The van der Waals surface area contributed by atoms with Gasteiger partial charge in [-0.15, -0.1) is 0 Å². The molecule has 0 atom stereocenters. The van der Waals surface area contributed by atoms with Gasteiger partial charge in [0.05, 0.1) is 10.7 Å². The first-order valence-corrected chi connectivity index (χ1v) is 9.66. The van der Waals surface area contributed by atoms with E-state index in [1.165, 1.54) is 12.1 Å². The summed E-state index contributed by atoms with van der Waals surface area (Å²) in [7, 11) is 1.82. The highest BCUT2D eigenvalue weighted by molar-refractivity contribution is 6.35. The van der Waals surface area contributed by atoms with E-state index in [9.17, 15) is 22.8 Å². The van der Waals surface area contributed by atoms with Crippen molar-refractivity contribution in [2.75, 3.05) is 25.5 Å². The van der Waals surface area contributed by atoms with Crippen LogP contribution < -0.4 is 10.6 Å². The Bertz CT molecular complexity index is 890. The van der Waals surface area contributed by atoms with Crippen molar-refractivity contribution in [1.82, 2.24) is 10.2 Å². The van der Waals surface area contributed by atoms with E-state index in [0.29, 0.717) is 28.8 Å². The summed E-state index contributed by atoms with van der Waals surface area (Å²) in [4.78, 5) is 25.7. The van der Waals surface area contributed by atoms with Crippen LogP contribution in [0.2, 0.25) is 10.0 Å². The van der Waals surface area contributed by atoms with Gasteiger partial charge in [0.25, 0.3) is 5.91 Å². The summed E-state index contributed by atoms with van der Waals surface area (Å²) >= 11 is 11.9. The molecule has 0 saturated carbocycles. The first kappa shape index (κ1) is 24.0. The van der Waals surface area contributed by atoms with E-state index in [1.54, 1.807) is 30.3 Å². The lowest BCUT2D eigenvalue weighted by Gasteiger charge is -2.17. The van der Waals surface area contributed by atoms with Crippen LogP contribution in [0, 0.1) is 0 Å². The van der Waals surface area contributed by atoms with Gasteiger partial charge in [-0.05, 0) is 42.9 Å². The predicted octanol–water partition coefficient (Wildman–Crippen LogP) is 4.75.